The van der Waals surface area contributed by atoms with Gasteiger partial charge in [0, 0.05) is 39.0 Å². The molecule has 0 spiro atoms. The lowest BCUT2D eigenvalue weighted by atomic mass is 10.1. The molecule has 1 aliphatic rings. The number of carbonyl (C=O) groups excluding carboxylic acids is 1. The average Bonchev–Trinajstić information content (AvgIpc) is 2.63. The highest BCUT2D eigenvalue weighted by atomic mass is 35.5. The smallest absolute Gasteiger partial charge is 0.266 e. The average molecular weight is 396 g/mol. The first-order valence-electron chi connectivity index (χ1n) is 8.35. The van der Waals surface area contributed by atoms with E-state index in [4.69, 9.17) is 27.9 Å². The third kappa shape index (κ3) is 4.37. The van der Waals surface area contributed by atoms with Crippen LogP contribution in [-0.4, -0.2) is 39.8 Å². The molecule has 1 saturated heterocycles. The van der Waals surface area contributed by atoms with E-state index in [0.717, 1.165) is 12.8 Å². The van der Waals surface area contributed by atoms with Gasteiger partial charge in [0.1, 0.15) is 16.9 Å². The summed E-state index contributed by atoms with van der Waals surface area (Å²) in [5.41, 5.74) is 0.389. The van der Waals surface area contributed by atoms with Crippen molar-refractivity contribution in [1.29, 1.82) is 0 Å². The largest absolute Gasteiger partial charge is 0.489 e. The van der Waals surface area contributed by atoms with E-state index in [-0.39, 0.29) is 24.0 Å². The van der Waals surface area contributed by atoms with Crippen LogP contribution in [-0.2, 0) is 18.3 Å². The molecule has 0 N–H and O–H groups in total. The Morgan fingerprint density at radius 2 is 1.96 bits per heavy atom. The summed E-state index contributed by atoms with van der Waals surface area (Å²) in [7, 11) is 1.57. The van der Waals surface area contributed by atoms with Gasteiger partial charge in [-0.3, -0.25) is 9.59 Å². The highest BCUT2D eigenvalue weighted by Crippen LogP contribution is 2.33. The summed E-state index contributed by atoms with van der Waals surface area (Å²) in [6.45, 7) is 1.21. The van der Waals surface area contributed by atoms with Crippen LogP contribution in [0.2, 0.25) is 10.0 Å². The van der Waals surface area contributed by atoms with Crippen molar-refractivity contribution in [3.05, 3.63) is 56.4 Å². The first-order valence-corrected chi connectivity index (χ1v) is 9.11. The van der Waals surface area contributed by atoms with Crippen LogP contribution in [0.25, 0.3) is 0 Å². The molecule has 0 unspecified atom stereocenters. The molecule has 1 amide bonds. The number of hydrogen-bond acceptors (Lipinski definition) is 4. The van der Waals surface area contributed by atoms with Gasteiger partial charge in [-0.2, -0.15) is 5.10 Å². The second kappa shape index (κ2) is 8.10. The molecule has 0 radical (unpaired) electrons. The Kier molecular flexibility index (Phi) is 5.84. The lowest BCUT2D eigenvalue weighted by Gasteiger charge is -2.32. The van der Waals surface area contributed by atoms with E-state index in [0.29, 0.717) is 34.6 Å². The minimum absolute atomic E-state index is 0.00427. The topological polar surface area (TPSA) is 64.4 Å². The molecule has 1 aromatic carbocycles. The van der Waals surface area contributed by atoms with Crippen LogP contribution in [0.15, 0.2) is 35.1 Å². The molecule has 1 aliphatic heterocycles. The number of aromatic nitrogens is 2. The van der Waals surface area contributed by atoms with Crippen molar-refractivity contribution in [2.24, 2.45) is 7.05 Å². The van der Waals surface area contributed by atoms with Gasteiger partial charge in [0.05, 0.1) is 17.1 Å². The molecule has 3 rings (SSSR count). The molecule has 8 heteroatoms. The van der Waals surface area contributed by atoms with E-state index >= 15 is 0 Å². The molecule has 6 nitrogen and oxygen atoms in total. The Morgan fingerprint density at radius 1 is 1.23 bits per heavy atom. The second-order valence-corrected chi connectivity index (χ2v) is 7.00. The van der Waals surface area contributed by atoms with Gasteiger partial charge >= 0.3 is 0 Å². The number of likely N-dealkylation sites (tertiary alicyclic amines) is 1. The summed E-state index contributed by atoms with van der Waals surface area (Å²) in [6.07, 6.45) is 1.61. The molecule has 0 atom stereocenters. The Bertz CT molecular complexity index is 861. The lowest BCUT2D eigenvalue weighted by Crippen LogP contribution is -2.42. The fourth-order valence-electron chi connectivity index (χ4n) is 2.89. The maximum Gasteiger partial charge on any atom is 0.266 e. The predicted octanol–water partition coefficient (Wildman–Crippen LogP) is 2.70. The lowest BCUT2D eigenvalue weighted by molar-refractivity contribution is -0.132. The minimum atomic E-state index is -0.196. The number of benzene rings is 1. The van der Waals surface area contributed by atoms with Crippen molar-refractivity contribution < 1.29 is 9.53 Å². The predicted molar refractivity (Wildman–Crippen MR) is 99.9 cm³/mol. The molecule has 0 saturated carbocycles. The SMILES string of the molecule is Cn1nc(CC(=O)N2CCC(Oc3cccc(Cl)c3Cl)CC2)ccc1=O. The molecule has 2 aromatic rings. The van der Waals surface area contributed by atoms with Crippen LogP contribution in [0.5, 0.6) is 5.75 Å². The quantitative estimate of drug-likeness (QED) is 0.797. The second-order valence-electron chi connectivity index (χ2n) is 6.21. The summed E-state index contributed by atoms with van der Waals surface area (Å²) >= 11 is 12.2. The van der Waals surface area contributed by atoms with Crippen molar-refractivity contribution in [2.75, 3.05) is 13.1 Å². The van der Waals surface area contributed by atoms with Crippen molar-refractivity contribution in [3.63, 3.8) is 0 Å². The Morgan fingerprint density at radius 3 is 2.65 bits per heavy atom. The Balaban J connectivity index is 1.54. The first kappa shape index (κ1) is 18.7. The van der Waals surface area contributed by atoms with E-state index in [9.17, 15) is 9.59 Å². The number of piperidine rings is 1. The van der Waals surface area contributed by atoms with Crippen LogP contribution in [0.1, 0.15) is 18.5 Å². The van der Waals surface area contributed by atoms with Crippen molar-refractivity contribution in [3.8, 4) is 5.75 Å². The molecular formula is C18H19Cl2N3O3. The van der Waals surface area contributed by atoms with Crippen LogP contribution in [0.4, 0.5) is 0 Å². The van der Waals surface area contributed by atoms with E-state index in [2.05, 4.69) is 5.10 Å². The molecule has 0 bridgehead atoms. The molecule has 2 heterocycles. The number of ether oxygens (including phenoxy) is 1. The van der Waals surface area contributed by atoms with Gasteiger partial charge in [0.2, 0.25) is 5.91 Å². The highest BCUT2D eigenvalue weighted by Gasteiger charge is 2.25. The number of halogens is 2. The fraction of sp³-hybridized carbons (Fsp3) is 0.389. The van der Waals surface area contributed by atoms with Gasteiger partial charge in [-0.15, -0.1) is 0 Å². The number of rotatable bonds is 4. The molecular weight excluding hydrogens is 377 g/mol. The van der Waals surface area contributed by atoms with E-state index in [1.54, 1.807) is 36.2 Å². The summed E-state index contributed by atoms with van der Waals surface area (Å²) in [4.78, 5) is 25.6. The summed E-state index contributed by atoms with van der Waals surface area (Å²) in [5.74, 6) is 0.564. The van der Waals surface area contributed by atoms with Gasteiger partial charge < -0.3 is 9.64 Å². The first-order chi connectivity index (χ1) is 12.4. The zero-order valence-electron chi connectivity index (χ0n) is 14.3. The molecule has 1 fully saturated rings. The number of hydrogen-bond donors (Lipinski definition) is 0. The zero-order valence-corrected chi connectivity index (χ0v) is 15.8. The highest BCUT2D eigenvalue weighted by molar-refractivity contribution is 6.42. The van der Waals surface area contributed by atoms with E-state index in [1.807, 2.05) is 0 Å². The van der Waals surface area contributed by atoms with E-state index in [1.165, 1.54) is 10.7 Å². The van der Waals surface area contributed by atoms with Crippen LogP contribution < -0.4 is 10.3 Å². The maximum absolute atomic E-state index is 12.4. The van der Waals surface area contributed by atoms with E-state index < -0.39 is 0 Å². The van der Waals surface area contributed by atoms with Crippen LogP contribution in [0, 0.1) is 0 Å². The fourth-order valence-corrected chi connectivity index (χ4v) is 3.23. The van der Waals surface area contributed by atoms with Crippen molar-refractivity contribution in [2.45, 2.75) is 25.4 Å². The maximum atomic E-state index is 12.4. The standard InChI is InChI=1S/C18H19Cl2N3O3/c1-22-16(24)6-5-12(21-22)11-17(25)23-9-7-13(8-10-23)26-15-4-2-3-14(19)18(15)20/h2-6,13H,7-11H2,1H3. The van der Waals surface area contributed by atoms with Gasteiger partial charge in [0.25, 0.3) is 5.56 Å². The summed E-state index contributed by atoms with van der Waals surface area (Å²) < 4.78 is 7.17. The number of amides is 1. The van der Waals surface area contributed by atoms with Crippen LogP contribution in [0.3, 0.4) is 0 Å². The minimum Gasteiger partial charge on any atom is -0.489 e. The van der Waals surface area contributed by atoms with Crippen LogP contribution >= 0.6 is 23.2 Å². The van der Waals surface area contributed by atoms with Crippen molar-refractivity contribution >= 4 is 29.1 Å². The third-order valence-electron chi connectivity index (χ3n) is 4.35. The van der Waals surface area contributed by atoms with Gasteiger partial charge in [-0.05, 0) is 18.2 Å². The van der Waals surface area contributed by atoms with Gasteiger partial charge in [-0.1, -0.05) is 29.3 Å². The summed E-state index contributed by atoms with van der Waals surface area (Å²) in [6, 6.07) is 8.31. The number of carbonyl (C=O) groups is 1. The molecule has 138 valence electrons. The normalized spacial score (nSPS) is 15.1. The Hall–Kier alpha value is -2.05. The van der Waals surface area contributed by atoms with Gasteiger partial charge in [0.15, 0.2) is 0 Å². The van der Waals surface area contributed by atoms with Gasteiger partial charge in [-0.25, -0.2) is 4.68 Å². The summed E-state index contributed by atoms with van der Waals surface area (Å²) in [5, 5.41) is 4.97. The zero-order chi connectivity index (χ0) is 18.7. The molecule has 26 heavy (non-hydrogen) atoms. The molecule has 0 aliphatic carbocycles. The molecule has 1 aromatic heterocycles. The number of aryl methyl sites for hydroxylation is 1. The monoisotopic (exact) mass is 395 g/mol. The van der Waals surface area contributed by atoms with Crippen molar-refractivity contribution in [1.82, 2.24) is 14.7 Å². The Labute approximate surface area is 161 Å². The number of nitrogens with zero attached hydrogens (tertiary/aromatic N) is 3. The third-order valence-corrected chi connectivity index (χ3v) is 5.15.